The third-order valence-electron chi connectivity index (χ3n) is 7.10. The monoisotopic (exact) mass is 537 g/mol. The largest absolute Gasteiger partial charge is 0.382 e. The first-order valence-corrected chi connectivity index (χ1v) is 11.6. The highest BCUT2D eigenvalue weighted by atomic mass is 127. The van der Waals surface area contributed by atoms with E-state index < -0.39 is 0 Å². The fourth-order valence-corrected chi connectivity index (χ4v) is 5.14. The molecule has 0 aromatic rings. The first kappa shape index (κ1) is 26.1. The van der Waals surface area contributed by atoms with E-state index in [1.807, 2.05) is 7.05 Å². The molecule has 0 aromatic carbocycles. The van der Waals surface area contributed by atoms with Gasteiger partial charge in [-0.2, -0.15) is 0 Å². The standard InChI is InChI=1S/C22H43N5O2.HI/c1-23-21(26-12-7-20(17-26)18-29-16-15-28-3)24-19-22(8-13-25(2)14-9-22)27-10-5-4-6-11-27;/h20H,4-19H2,1-3H3,(H,23,24);1H. The van der Waals surface area contributed by atoms with Crippen LogP contribution in [0.1, 0.15) is 38.5 Å². The molecule has 7 nitrogen and oxygen atoms in total. The molecule has 3 rings (SSSR count). The summed E-state index contributed by atoms with van der Waals surface area (Å²) in [5.74, 6) is 1.66. The Labute approximate surface area is 200 Å². The van der Waals surface area contributed by atoms with Crippen LogP contribution < -0.4 is 5.32 Å². The molecule has 0 saturated carbocycles. The number of rotatable bonds is 8. The molecule has 0 radical (unpaired) electrons. The Morgan fingerprint density at radius 2 is 1.80 bits per heavy atom. The van der Waals surface area contributed by atoms with Crippen molar-refractivity contribution in [2.45, 2.75) is 44.1 Å². The average Bonchev–Trinajstić information content (AvgIpc) is 3.22. The van der Waals surface area contributed by atoms with Crippen LogP contribution >= 0.6 is 24.0 Å². The van der Waals surface area contributed by atoms with Crippen molar-refractivity contribution in [2.24, 2.45) is 10.9 Å². The second-order valence-electron chi connectivity index (χ2n) is 9.14. The Balaban J connectivity index is 0.00000320. The van der Waals surface area contributed by atoms with Gasteiger partial charge in [-0.1, -0.05) is 6.42 Å². The van der Waals surface area contributed by atoms with E-state index >= 15 is 0 Å². The van der Waals surface area contributed by atoms with Gasteiger partial charge in [0, 0.05) is 45.2 Å². The molecule has 0 spiro atoms. The fourth-order valence-electron chi connectivity index (χ4n) is 5.14. The second kappa shape index (κ2) is 13.4. The molecule has 3 heterocycles. The van der Waals surface area contributed by atoms with Crippen molar-refractivity contribution < 1.29 is 9.47 Å². The zero-order chi connectivity index (χ0) is 20.5. The van der Waals surface area contributed by atoms with Gasteiger partial charge in [-0.05, 0) is 65.3 Å². The van der Waals surface area contributed by atoms with Crippen LogP contribution in [-0.4, -0.2) is 113 Å². The van der Waals surface area contributed by atoms with E-state index in [1.54, 1.807) is 7.11 Å². The summed E-state index contributed by atoms with van der Waals surface area (Å²) < 4.78 is 10.8. The number of likely N-dealkylation sites (tertiary alicyclic amines) is 3. The Hall–Kier alpha value is -0.160. The van der Waals surface area contributed by atoms with Gasteiger partial charge in [-0.15, -0.1) is 24.0 Å². The second-order valence-corrected chi connectivity index (χ2v) is 9.14. The number of aliphatic imine (C=N–C) groups is 1. The minimum Gasteiger partial charge on any atom is -0.382 e. The smallest absolute Gasteiger partial charge is 0.193 e. The molecule has 30 heavy (non-hydrogen) atoms. The molecule has 3 fully saturated rings. The zero-order valence-electron chi connectivity index (χ0n) is 19.4. The Kier molecular flexibility index (Phi) is 11.7. The molecule has 3 aliphatic rings. The Morgan fingerprint density at radius 1 is 1.07 bits per heavy atom. The van der Waals surface area contributed by atoms with Crippen LogP contribution in [0.3, 0.4) is 0 Å². The van der Waals surface area contributed by atoms with Crippen LogP contribution in [0, 0.1) is 5.92 Å². The molecule has 1 atom stereocenters. The van der Waals surface area contributed by atoms with Crippen LogP contribution in [0.4, 0.5) is 0 Å². The summed E-state index contributed by atoms with van der Waals surface area (Å²) in [6.45, 7) is 10.2. The van der Waals surface area contributed by atoms with Gasteiger partial charge in [-0.3, -0.25) is 9.89 Å². The maximum Gasteiger partial charge on any atom is 0.193 e. The van der Waals surface area contributed by atoms with Gasteiger partial charge in [0.25, 0.3) is 0 Å². The molecular weight excluding hydrogens is 493 g/mol. The summed E-state index contributed by atoms with van der Waals surface area (Å²) in [7, 11) is 5.90. The van der Waals surface area contributed by atoms with Crippen molar-refractivity contribution in [3.8, 4) is 0 Å². The molecule has 1 unspecified atom stereocenters. The molecule has 3 saturated heterocycles. The lowest BCUT2D eigenvalue weighted by atomic mass is 9.84. The molecule has 3 aliphatic heterocycles. The summed E-state index contributed by atoms with van der Waals surface area (Å²) in [6.07, 6.45) is 7.78. The molecule has 176 valence electrons. The highest BCUT2D eigenvalue weighted by Crippen LogP contribution is 2.31. The predicted molar refractivity (Wildman–Crippen MR) is 134 cm³/mol. The zero-order valence-corrected chi connectivity index (χ0v) is 21.7. The van der Waals surface area contributed by atoms with Crippen LogP contribution in [0.2, 0.25) is 0 Å². The van der Waals surface area contributed by atoms with E-state index in [4.69, 9.17) is 9.47 Å². The van der Waals surface area contributed by atoms with Gasteiger partial charge < -0.3 is 24.6 Å². The number of hydrogen-bond acceptors (Lipinski definition) is 5. The van der Waals surface area contributed by atoms with Gasteiger partial charge in [0.2, 0.25) is 0 Å². The SMILES string of the molecule is CN=C(NCC1(N2CCCCC2)CCN(C)CC1)N1CCC(COCCOC)C1.I. The number of piperidine rings is 2. The summed E-state index contributed by atoms with van der Waals surface area (Å²) in [4.78, 5) is 12.3. The van der Waals surface area contributed by atoms with Gasteiger partial charge in [-0.25, -0.2) is 0 Å². The number of nitrogens with one attached hydrogen (secondary N) is 1. The minimum atomic E-state index is 0. The summed E-state index contributed by atoms with van der Waals surface area (Å²) in [5, 5.41) is 3.79. The molecule has 0 bridgehead atoms. The maximum atomic E-state index is 5.76. The van der Waals surface area contributed by atoms with Crippen molar-refractivity contribution in [1.82, 2.24) is 20.0 Å². The summed E-state index contributed by atoms with van der Waals surface area (Å²) in [5.41, 5.74) is 0.283. The van der Waals surface area contributed by atoms with Crippen molar-refractivity contribution in [3.05, 3.63) is 0 Å². The number of hydrogen-bond donors (Lipinski definition) is 1. The molecule has 0 aromatic heterocycles. The van der Waals surface area contributed by atoms with Crippen LogP contribution in [-0.2, 0) is 9.47 Å². The summed E-state index contributed by atoms with van der Waals surface area (Å²) >= 11 is 0. The molecule has 8 heteroatoms. The fraction of sp³-hybridized carbons (Fsp3) is 0.955. The van der Waals surface area contributed by atoms with Crippen molar-refractivity contribution >= 4 is 29.9 Å². The minimum absolute atomic E-state index is 0. The van der Waals surface area contributed by atoms with Gasteiger partial charge in [0.1, 0.15) is 0 Å². The lowest BCUT2D eigenvalue weighted by molar-refractivity contribution is 0.0169. The number of guanidine groups is 1. The highest BCUT2D eigenvalue weighted by Gasteiger charge is 2.40. The van der Waals surface area contributed by atoms with Crippen molar-refractivity contribution in [3.63, 3.8) is 0 Å². The number of ether oxygens (including phenoxy) is 2. The topological polar surface area (TPSA) is 52.6 Å². The molecule has 0 aliphatic carbocycles. The lowest BCUT2D eigenvalue weighted by Gasteiger charge is -2.50. The van der Waals surface area contributed by atoms with E-state index in [-0.39, 0.29) is 29.5 Å². The average molecular weight is 538 g/mol. The van der Waals surface area contributed by atoms with E-state index in [1.165, 1.54) is 64.7 Å². The normalized spacial score (nSPS) is 25.9. The third kappa shape index (κ3) is 7.18. The van der Waals surface area contributed by atoms with E-state index in [0.717, 1.165) is 32.2 Å². The Morgan fingerprint density at radius 3 is 2.47 bits per heavy atom. The first-order valence-electron chi connectivity index (χ1n) is 11.6. The first-order chi connectivity index (χ1) is 14.2. The maximum absolute atomic E-state index is 5.76. The van der Waals surface area contributed by atoms with Gasteiger partial charge >= 0.3 is 0 Å². The third-order valence-corrected chi connectivity index (χ3v) is 7.10. The van der Waals surface area contributed by atoms with Crippen LogP contribution in [0.15, 0.2) is 4.99 Å². The number of halogens is 1. The lowest BCUT2D eigenvalue weighted by Crippen LogP contribution is -2.62. The molecule has 0 amide bonds. The van der Waals surface area contributed by atoms with E-state index in [2.05, 4.69) is 32.1 Å². The van der Waals surface area contributed by atoms with E-state index in [9.17, 15) is 0 Å². The van der Waals surface area contributed by atoms with Gasteiger partial charge in [0.15, 0.2) is 5.96 Å². The van der Waals surface area contributed by atoms with Crippen molar-refractivity contribution in [1.29, 1.82) is 0 Å². The van der Waals surface area contributed by atoms with Crippen LogP contribution in [0.25, 0.3) is 0 Å². The number of methoxy groups -OCH3 is 1. The van der Waals surface area contributed by atoms with Gasteiger partial charge in [0.05, 0.1) is 19.8 Å². The molecular formula is C22H44IN5O2. The number of nitrogens with zero attached hydrogens (tertiary/aromatic N) is 4. The molecule has 1 N–H and O–H groups in total. The highest BCUT2D eigenvalue weighted by molar-refractivity contribution is 14.0. The van der Waals surface area contributed by atoms with Crippen molar-refractivity contribution in [2.75, 3.05) is 86.8 Å². The quantitative estimate of drug-likeness (QED) is 0.222. The van der Waals surface area contributed by atoms with E-state index in [0.29, 0.717) is 19.1 Å². The summed E-state index contributed by atoms with van der Waals surface area (Å²) in [6, 6.07) is 0. The predicted octanol–water partition coefficient (Wildman–Crippen LogP) is 2.12. The van der Waals surface area contributed by atoms with Crippen LogP contribution in [0.5, 0.6) is 0 Å². The Bertz CT molecular complexity index is 508.